The molecule has 4 fully saturated rings. The van der Waals surface area contributed by atoms with Gasteiger partial charge >= 0.3 is 0 Å². The number of hydrogen-bond donors (Lipinski definition) is 2. The van der Waals surface area contributed by atoms with E-state index in [0.717, 1.165) is 25.7 Å². The SMILES string of the molecule is CC1(C)[C@@H](O)CC[C@]2(C)C3=CC=C4[C@@H]5C[C@@](C)(CO)CC[C@]5(C)CC[C@@]4(C)[C@]3(C)CC[C@@H]12. The quantitative estimate of drug-likeness (QED) is 0.458. The molecule has 0 saturated heterocycles. The van der Waals surface area contributed by atoms with E-state index in [1.54, 1.807) is 11.1 Å². The van der Waals surface area contributed by atoms with Gasteiger partial charge in [0.2, 0.25) is 0 Å². The summed E-state index contributed by atoms with van der Waals surface area (Å²) in [4.78, 5) is 0. The summed E-state index contributed by atoms with van der Waals surface area (Å²) in [5, 5.41) is 21.1. The van der Waals surface area contributed by atoms with Crippen LogP contribution in [-0.2, 0) is 0 Å². The second-order valence-electron chi connectivity index (χ2n) is 14.6. The van der Waals surface area contributed by atoms with E-state index in [1.165, 1.54) is 32.1 Å². The van der Waals surface area contributed by atoms with E-state index in [1.807, 2.05) is 0 Å². The Morgan fingerprint density at radius 1 is 0.812 bits per heavy atom. The van der Waals surface area contributed by atoms with Gasteiger partial charge in [0.15, 0.2) is 0 Å². The number of allylic oxidation sites excluding steroid dienone is 4. The third kappa shape index (κ3) is 2.72. The van der Waals surface area contributed by atoms with E-state index in [0.29, 0.717) is 23.9 Å². The second kappa shape index (κ2) is 6.75. The van der Waals surface area contributed by atoms with Gasteiger partial charge in [-0.15, -0.1) is 0 Å². The number of hydrogen-bond acceptors (Lipinski definition) is 2. The minimum atomic E-state index is -0.176. The molecule has 180 valence electrons. The van der Waals surface area contributed by atoms with Gasteiger partial charge < -0.3 is 10.2 Å². The highest BCUT2D eigenvalue weighted by molar-refractivity contribution is 5.45. The van der Waals surface area contributed by atoms with Crippen LogP contribution in [-0.4, -0.2) is 22.9 Å². The lowest BCUT2D eigenvalue weighted by Crippen LogP contribution is -2.60. The van der Waals surface area contributed by atoms with Crippen LogP contribution in [0.3, 0.4) is 0 Å². The van der Waals surface area contributed by atoms with Crippen LogP contribution in [0.2, 0.25) is 0 Å². The summed E-state index contributed by atoms with van der Waals surface area (Å²) in [5.74, 6) is 1.15. The molecular formula is C30H48O2. The topological polar surface area (TPSA) is 40.5 Å². The first kappa shape index (κ1) is 23.2. The molecule has 0 aliphatic heterocycles. The average Bonchev–Trinajstić information content (AvgIpc) is 2.73. The normalized spacial score (nSPS) is 54.3. The van der Waals surface area contributed by atoms with E-state index in [9.17, 15) is 10.2 Å². The third-order valence-corrected chi connectivity index (χ3v) is 12.7. The van der Waals surface area contributed by atoms with Crippen molar-refractivity contribution in [2.75, 3.05) is 6.61 Å². The maximum atomic E-state index is 10.9. The molecule has 8 atom stereocenters. The van der Waals surface area contributed by atoms with Crippen molar-refractivity contribution in [3.8, 4) is 0 Å². The molecule has 5 rings (SSSR count). The Balaban J connectivity index is 1.62. The Bertz CT molecular complexity index is 868. The van der Waals surface area contributed by atoms with Gasteiger partial charge in [0.05, 0.1) is 6.10 Å². The van der Waals surface area contributed by atoms with Crippen molar-refractivity contribution in [1.29, 1.82) is 0 Å². The third-order valence-electron chi connectivity index (χ3n) is 12.7. The van der Waals surface area contributed by atoms with Crippen molar-refractivity contribution in [1.82, 2.24) is 0 Å². The molecule has 0 aromatic carbocycles. The highest BCUT2D eigenvalue weighted by atomic mass is 16.3. The maximum Gasteiger partial charge on any atom is 0.0594 e. The lowest BCUT2D eigenvalue weighted by atomic mass is 9.36. The van der Waals surface area contributed by atoms with E-state index < -0.39 is 0 Å². The molecule has 0 bridgehead atoms. The van der Waals surface area contributed by atoms with Gasteiger partial charge in [-0.2, -0.15) is 0 Å². The molecule has 0 amide bonds. The van der Waals surface area contributed by atoms with Gasteiger partial charge in [0.25, 0.3) is 0 Å². The van der Waals surface area contributed by atoms with Crippen LogP contribution in [0.25, 0.3) is 0 Å². The molecule has 0 spiro atoms. The molecule has 2 N–H and O–H groups in total. The van der Waals surface area contributed by atoms with Gasteiger partial charge in [-0.05, 0) is 102 Å². The van der Waals surface area contributed by atoms with Gasteiger partial charge in [-0.3, -0.25) is 0 Å². The Labute approximate surface area is 197 Å². The molecule has 0 unspecified atom stereocenters. The van der Waals surface area contributed by atoms with Crippen molar-refractivity contribution in [3.05, 3.63) is 23.3 Å². The summed E-state index contributed by atoms with van der Waals surface area (Å²) >= 11 is 0. The van der Waals surface area contributed by atoms with E-state index in [4.69, 9.17) is 0 Å². The van der Waals surface area contributed by atoms with Crippen LogP contribution in [0, 0.1) is 44.3 Å². The molecule has 0 aromatic heterocycles. The number of fused-ring (bicyclic) bond motifs is 7. The first-order valence-electron chi connectivity index (χ1n) is 13.5. The largest absolute Gasteiger partial charge is 0.396 e. The van der Waals surface area contributed by atoms with Crippen molar-refractivity contribution in [2.24, 2.45) is 44.3 Å². The van der Waals surface area contributed by atoms with Crippen molar-refractivity contribution in [2.45, 2.75) is 112 Å². The summed E-state index contributed by atoms with van der Waals surface area (Å²) in [5.41, 5.74) is 4.44. The molecule has 5 aliphatic carbocycles. The van der Waals surface area contributed by atoms with E-state index >= 15 is 0 Å². The van der Waals surface area contributed by atoms with Crippen LogP contribution in [0.4, 0.5) is 0 Å². The van der Waals surface area contributed by atoms with Crippen LogP contribution < -0.4 is 0 Å². The van der Waals surface area contributed by atoms with Crippen molar-refractivity contribution >= 4 is 0 Å². The molecule has 5 aliphatic rings. The summed E-state index contributed by atoms with van der Waals surface area (Å²) in [6.07, 6.45) is 15.6. The van der Waals surface area contributed by atoms with Crippen LogP contribution in [0.15, 0.2) is 23.3 Å². The molecule has 2 nitrogen and oxygen atoms in total. The molecule has 0 heterocycles. The fourth-order valence-corrected chi connectivity index (χ4v) is 9.86. The maximum absolute atomic E-state index is 10.9. The summed E-state index contributed by atoms with van der Waals surface area (Å²) < 4.78 is 0. The van der Waals surface area contributed by atoms with Gasteiger partial charge in [-0.25, -0.2) is 0 Å². The Morgan fingerprint density at radius 3 is 2.19 bits per heavy atom. The zero-order valence-electron chi connectivity index (χ0n) is 21.9. The second-order valence-corrected chi connectivity index (χ2v) is 14.6. The standard InChI is InChI=1S/C30H48O2/c1-25(2)22-10-13-30(7)23(28(22,5)12-11-24(25)32)9-8-20-21-18-26(3,19-31)14-15-27(21,4)16-17-29(20,30)6/h8-9,21-22,24,31-32H,10-19H2,1-7H3/t21-,22-,24-,26-,27+,28-,29+,30+/m0/s1. The number of aliphatic hydroxyl groups is 2. The predicted molar refractivity (Wildman–Crippen MR) is 132 cm³/mol. The van der Waals surface area contributed by atoms with Crippen molar-refractivity contribution in [3.63, 3.8) is 0 Å². The predicted octanol–water partition coefficient (Wildman–Crippen LogP) is 7.06. The Kier molecular flexibility index (Phi) is 4.88. The zero-order chi connectivity index (χ0) is 23.4. The lowest BCUT2D eigenvalue weighted by Gasteiger charge is -2.68. The molecular weight excluding hydrogens is 392 g/mol. The molecule has 0 radical (unpaired) electrons. The first-order valence-corrected chi connectivity index (χ1v) is 13.5. The first-order chi connectivity index (χ1) is 14.8. The molecule has 4 saturated carbocycles. The highest BCUT2D eigenvalue weighted by Crippen LogP contribution is 2.74. The monoisotopic (exact) mass is 440 g/mol. The lowest BCUT2D eigenvalue weighted by molar-refractivity contribution is -0.126. The zero-order valence-corrected chi connectivity index (χ0v) is 21.9. The van der Waals surface area contributed by atoms with Crippen molar-refractivity contribution < 1.29 is 10.2 Å². The van der Waals surface area contributed by atoms with E-state index in [2.05, 4.69) is 60.6 Å². The smallest absolute Gasteiger partial charge is 0.0594 e. The summed E-state index contributed by atoms with van der Waals surface area (Å²) in [7, 11) is 0. The Morgan fingerprint density at radius 2 is 1.50 bits per heavy atom. The van der Waals surface area contributed by atoms with Gasteiger partial charge in [0.1, 0.15) is 0 Å². The fourth-order valence-electron chi connectivity index (χ4n) is 9.86. The van der Waals surface area contributed by atoms with Crippen LogP contribution in [0.1, 0.15) is 106 Å². The van der Waals surface area contributed by atoms with Gasteiger partial charge in [-0.1, -0.05) is 71.8 Å². The summed E-state index contributed by atoms with van der Waals surface area (Å²) in [6, 6.07) is 0. The van der Waals surface area contributed by atoms with E-state index in [-0.39, 0.29) is 33.2 Å². The average molecular weight is 441 g/mol. The number of rotatable bonds is 1. The van der Waals surface area contributed by atoms with Crippen LogP contribution in [0.5, 0.6) is 0 Å². The number of aliphatic hydroxyl groups excluding tert-OH is 2. The highest BCUT2D eigenvalue weighted by Gasteiger charge is 2.65. The molecule has 32 heavy (non-hydrogen) atoms. The minimum Gasteiger partial charge on any atom is -0.396 e. The molecule has 2 heteroatoms. The minimum absolute atomic E-state index is 0.0164. The van der Waals surface area contributed by atoms with Crippen LogP contribution >= 0.6 is 0 Å². The molecule has 0 aromatic rings. The van der Waals surface area contributed by atoms with Gasteiger partial charge in [0, 0.05) is 6.61 Å². The summed E-state index contributed by atoms with van der Waals surface area (Å²) in [6.45, 7) is 17.5. The Hall–Kier alpha value is -0.600. The fraction of sp³-hybridized carbons (Fsp3) is 0.867.